The van der Waals surface area contributed by atoms with Gasteiger partial charge in [-0.05, 0) is 55.5 Å². The summed E-state index contributed by atoms with van der Waals surface area (Å²) < 4.78 is 11.8. The number of methoxy groups -OCH3 is 1. The SMILES string of the molecule is COc1cc2c(cc1CN1CCO[C@@H](c3cccc(Nc4nnc(C)s4)n3)C1)CCC2. The third-order valence-electron chi connectivity index (χ3n) is 5.90. The molecule has 0 radical (unpaired) electrons. The summed E-state index contributed by atoms with van der Waals surface area (Å²) in [5.74, 6) is 1.76. The van der Waals surface area contributed by atoms with Crippen LogP contribution in [0.25, 0.3) is 0 Å². The van der Waals surface area contributed by atoms with E-state index in [1.54, 1.807) is 7.11 Å². The lowest BCUT2D eigenvalue weighted by Crippen LogP contribution is -2.38. The number of aryl methyl sites for hydroxylation is 3. The summed E-state index contributed by atoms with van der Waals surface area (Å²) in [7, 11) is 1.77. The predicted molar refractivity (Wildman–Crippen MR) is 121 cm³/mol. The second-order valence-corrected chi connectivity index (χ2v) is 9.26. The molecule has 5 rings (SSSR count). The van der Waals surface area contributed by atoms with Crippen molar-refractivity contribution in [3.05, 3.63) is 57.7 Å². The first kappa shape index (κ1) is 20.4. The molecule has 1 aliphatic carbocycles. The van der Waals surface area contributed by atoms with Gasteiger partial charge in [-0.3, -0.25) is 4.90 Å². The summed E-state index contributed by atoms with van der Waals surface area (Å²) in [6.45, 7) is 5.19. The number of aromatic nitrogens is 3. The molecule has 162 valence electrons. The Balaban J connectivity index is 1.29. The molecule has 31 heavy (non-hydrogen) atoms. The molecule has 2 aliphatic rings. The Bertz CT molecular complexity index is 1070. The molecule has 0 saturated carbocycles. The number of pyridine rings is 1. The molecule has 0 bridgehead atoms. The summed E-state index contributed by atoms with van der Waals surface area (Å²) in [5.41, 5.74) is 5.11. The van der Waals surface area contributed by atoms with Crippen LogP contribution in [0.4, 0.5) is 10.9 Å². The number of ether oxygens (including phenoxy) is 2. The fraction of sp³-hybridized carbons (Fsp3) is 0.435. The van der Waals surface area contributed by atoms with Gasteiger partial charge in [0.05, 0.1) is 19.4 Å². The molecule has 7 nitrogen and oxygen atoms in total. The van der Waals surface area contributed by atoms with Crippen LogP contribution in [0.5, 0.6) is 5.75 Å². The molecule has 0 unspecified atom stereocenters. The Kier molecular flexibility index (Phi) is 5.85. The van der Waals surface area contributed by atoms with Crippen molar-refractivity contribution in [3.8, 4) is 5.75 Å². The van der Waals surface area contributed by atoms with E-state index in [0.717, 1.165) is 53.5 Å². The fourth-order valence-electron chi connectivity index (χ4n) is 4.39. The van der Waals surface area contributed by atoms with E-state index in [0.29, 0.717) is 6.61 Å². The molecular formula is C23H27N5O2S. The van der Waals surface area contributed by atoms with Crippen molar-refractivity contribution in [3.63, 3.8) is 0 Å². The maximum absolute atomic E-state index is 6.08. The number of fused-ring (bicyclic) bond motifs is 1. The zero-order valence-electron chi connectivity index (χ0n) is 17.9. The topological polar surface area (TPSA) is 72.4 Å². The Labute approximate surface area is 186 Å². The second-order valence-electron chi connectivity index (χ2n) is 8.08. The van der Waals surface area contributed by atoms with Crippen molar-refractivity contribution in [2.75, 3.05) is 32.1 Å². The minimum Gasteiger partial charge on any atom is -0.496 e. The van der Waals surface area contributed by atoms with Crippen LogP contribution < -0.4 is 10.1 Å². The van der Waals surface area contributed by atoms with Crippen molar-refractivity contribution in [1.82, 2.24) is 20.1 Å². The molecule has 3 heterocycles. The smallest absolute Gasteiger partial charge is 0.211 e. The fourth-order valence-corrected chi connectivity index (χ4v) is 4.99. The highest BCUT2D eigenvalue weighted by Crippen LogP contribution is 2.32. The average Bonchev–Trinajstić information content (AvgIpc) is 3.41. The molecule has 3 aromatic rings. The van der Waals surface area contributed by atoms with Crippen LogP contribution in [-0.2, 0) is 24.1 Å². The minimum absolute atomic E-state index is 0.0629. The third-order valence-corrected chi connectivity index (χ3v) is 6.66. The van der Waals surface area contributed by atoms with Gasteiger partial charge in [-0.15, -0.1) is 10.2 Å². The van der Waals surface area contributed by atoms with Gasteiger partial charge >= 0.3 is 0 Å². The van der Waals surface area contributed by atoms with E-state index in [2.05, 4.69) is 32.5 Å². The standard InChI is InChI=1S/C23H27N5O2S/c1-15-26-27-23(31-15)25-22-8-4-7-19(24-22)21-14-28(9-10-30-21)13-18-11-16-5-3-6-17(16)12-20(18)29-2/h4,7-8,11-12,21H,3,5-6,9-10,13-14H2,1-2H3,(H,24,25,27)/t21-/m1/s1. The number of benzene rings is 1. The Morgan fingerprint density at radius 2 is 2.10 bits per heavy atom. The first-order chi connectivity index (χ1) is 15.2. The highest BCUT2D eigenvalue weighted by molar-refractivity contribution is 7.15. The van der Waals surface area contributed by atoms with E-state index in [-0.39, 0.29) is 6.10 Å². The van der Waals surface area contributed by atoms with E-state index < -0.39 is 0 Å². The van der Waals surface area contributed by atoms with E-state index in [1.807, 2.05) is 25.1 Å². The maximum atomic E-state index is 6.08. The molecule has 0 amide bonds. The molecular weight excluding hydrogens is 410 g/mol. The number of hydrogen-bond acceptors (Lipinski definition) is 8. The molecule has 1 aliphatic heterocycles. The maximum Gasteiger partial charge on any atom is 0.211 e. The number of anilines is 2. The van der Waals surface area contributed by atoms with Crippen molar-refractivity contribution in [2.45, 2.75) is 38.8 Å². The van der Waals surface area contributed by atoms with Crippen LogP contribution in [-0.4, -0.2) is 46.9 Å². The molecule has 1 N–H and O–H groups in total. The molecule has 1 atom stereocenters. The van der Waals surface area contributed by atoms with E-state index in [1.165, 1.54) is 40.9 Å². The summed E-state index contributed by atoms with van der Waals surface area (Å²) in [4.78, 5) is 7.21. The van der Waals surface area contributed by atoms with Gasteiger partial charge in [0.15, 0.2) is 0 Å². The van der Waals surface area contributed by atoms with Gasteiger partial charge in [-0.25, -0.2) is 4.98 Å². The van der Waals surface area contributed by atoms with Gasteiger partial charge in [-0.1, -0.05) is 23.5 Å². The first-order valence-corrected chi connectivity index (χ1v) is 11.6. The van der Waals surface area contributed by atoms with Crippen molar-refractivity contribution < 1.29 is 9.47 Å². The summed E-state index contributed by atoms with van der Waals surface area (Å²) in [6.07, 6.45) is 3.52. The van der Waals surface area contributed by atoms with E-state index in [9.17, 15) is 0 Å². The van der Waals surface area contributed by atoms with Gasteiger partial charge in [0.2, 0.25) is 5.13 Å². The quantitative estimate of drug-likeness (QED) is 0.623. The number of nitrogens with one attached hydrogen (secondary N) is 1. The van der Waals surface area contributed by atoms with Crippen molar-refractivity contribution in [2.24, 2.45) is 0 Å². The molecule has 0 spiro atoms. The summed E-state index contributed by atoms with van der Waals surface area (Å²) in [6, 6.07) is 10.6. The predicted octanol–water partition coefficient (Wildman–Crippen LogP) is 4.06. The number of rotatable bonds is 6. The van der Waals surface area contributed by atoms with Crippen LogP contribution in [0.3, 0.4) is 0 Å². The third kappa shape index (κ3) is 4.56. The normalized spacial score (nSPS) is 18.7. The molecule has 8 heteroatoms. The highest BCUT2D eigenvalue weighted by atomic mass is 32.1. The first-order valence-electron chi connectivity index (χ1n) is 10.7. The lowest BCUT2D eigenvalue weighted by atomic mass is 10.0. The van der Waals surface area contributed by atoms with Crippen LogP contribution in [0, 0.1) is 6.92 Å². The zero-order valence-corrected chi connectivity index (χ0v) is 18.7. The van der Waals surface area contributed by atoms with Gasteiger partial charge in [0.25, 0.3) is 0 Å². The lowest BCUT2D eigenvalue weighted by Gasteiger charge is -2.33. The van der Waals surface area contributed by atoms with Gasteiger partial charge < -0.3 is 14.8 Å². The second kappa shape index (κ2) is 8.90. The van der Waals surface area contributed by atoms with Crippen molar-refractivity contribution >= 4 is 22.3 Å². The van der Waals surface area contributed by atoms with Crippen LogP contribution in [0.2, 0.25) is 0 Å². The highest BCUT2D eigenvalue weighted by Gasteiger charge is 2.25. The monoisotopic (exact) mass is 437 g/mol. The van der Waals surface area contributed by atoms with Crippen LogP contribution in [0.1, 0.15) is 39.9 Å². The van der Waals surface area contributed by atoms with Crippen LogP contribution >= 0.6 is 11.3 Å². The van der Waals surface area contributed by atoms with E-state index >= 15 is 0 Å². The van der Waals surface area contributed by atoms with Gasteiger partial charge in [-0.2, -0.15) is 0 Å². The average molecular weight is 438 g/mol. The Hall–Kier alpha value is -2.55. The molecule has 1 fully saturated rings. The zero-order chi connectivity index (χ0) is 21.2. The van der Waals surface area contributed by atoms with Crippen molar-refractivity contribution in [1.29, 1.82) is 0 Å². The van der Waals surface area contributed by atoms with Gasteiger partial charge in [0.1, 0.15) is 22.7 Å². The molecule has 1 saturated heterocycles. The molecule has 1 aromatic carbocycles. The van der Waals surface area contributed by atoms with Gasteiger partial charge in [0, 0.05) is 25.2 Å². The Morgan fingerprint density at radius 1 is 1.23 bits per heavy atom. The lowest BCUT2D eigenvalue weighted by molar-refractivity contribution is -0.0351. The number of hydrogen-bond donors (Lipinski definition) is 1. The minimum atomic E-state index is -0.0629. The molecule has 2 aromatic heterocycles. The Morgan fingerprint density at radius 3 is 2.90 bits per heavy atom. The summed E-state index contributed by atoms with van der Waals surface area (Å²) in [5, 5.41) is 13.1. The number of morpholine rings is 1. The number of nitrogens with zero attached hydrogens (tertiary/aromatic N) is 4. The van der Waals surface area contributed by atoms with E-state index in [4.69, 9.17) is 14.5 Å². The summed E-state index contributed by atoms with van der Waals surface area (Å²) >= 11 is 1.51. The largest absolute Gasteiger partial charge is 0.496 e. The van der Waals surface area contributed by atoms with Crippen LogP contribution in [0.15, 0.2) is 30.3 Å².